The molecule has 0 fully saturated rings. The molecule has 1 atom stereocenters. The quantitative estimate of drug-likeness (QED) is 0.872. The highest BCUT2D eigenvalue weighted by Gasteiger charge is 2.33. The number of benzene rings is 1. The summed E-state index contributed by atoms with van der Waals surface area (Å²) in [5.41, 5.74) is -1.15. The van der Waals surface area contributed by atoms with Gasteiger partial charge in [-0.3, -0.25) is 9.59 Å². The number of ether oxygens (including phenoxy) is 1. The molecule has 0 aromatic heterocycles. The maximum Gasteiger partial charge on any atom is 0.417 e. The molecule has 0 aliphatic rings. The standard InChI is InChI=1S/C12H11ClF3NO3/c1-6(20-7(2)18)11(19)17-8-3-4-10(13)9(5-8)12(14,15)16/h3-6H,1-2H3,(H,17,19)/t6-/m0/s1. The van der Waals surface area contributed by atoms with Gasteiger partial charge >= 0.3 is 12.1 Å². The van der Waals surface area contributed by atoms with E-state index in [1.165, 1.54) is 13.0 Å². The molecule has 8 heteroatoms. The summed E-state index contributed by atoms with van der Waals surface area (Å²) >= 11 is 5.45. The molecule has 4 nitrogen and oxygen atoms in total. The summed E-state index contributed by atoms with van der Waals surface area (Å²) in [6.45, 7) is 2.42. The summed E-state index contributed by atoms with van der Waals surface area (Å²) in [5.74, 6) is -1.41. The van der Waals surface area contributed by atoms with Crippen molar-refractivity contribution in [3.05, 3.63) is 28.8 Å². The Morgan fingerprint density at radius 1 is 1.35 bits per heavy atom. The number of rotatable bonds is 3. The van der Waals surface area contributed by atoms with Crippen LogP contribution in [0.3, 0.4) is 0 Å². The number of hydrogen-bond acceptors (Lipinski definition) is 3. The average molecular weight is 310 g/mol. The molecule has 0 bridgehead atoms. The van der Waals surface area contributed by atoms with Gasteiger partial charge in [-0.1, -0.05) is 11.6 Å². The number of anilines is 1. The van der Waals surface area contributed by atoms with E-state index in [1.807, 2.05) is 0 Å². The minimum absolute atomic E-state index is 0.0919. The molecule has 0 heterocycles. The number of amides is 1. The second kappa shape index (κ2) is 6.13. The van der Waals surface area contributed by atoms with Crippen molar-refractivity contribution in [1.82, 2.24) is 0 Å². The fraction of sp³-hybridized carbons (Fsp3) is 0.333. The molecule has 1 rings (SSSR count). The number of carbonyl (C=O) groups excluding carboxylic acids is 2. The summed E-state index contributed by atoms with van der Waals surface area (Å²) in [6.07, 6.45) is -5.74. The van der Waals surface area contributed by atoms with Crippen LogP contribution in [0.5, 0.6) is 0 Å². The van der Waals surface area contributed by atoms with Gasteiger partial charge in [0.2, 0.25) is 0 Å². The molecule has 0 saturated carbocycles. The Labute approximate surface area is 117 Å². The van der Waals surface area contributed by atoms with E-state index in [0.29, 0.717) is 6.07 Å². The molecule has 0 saturated heterocycles. The van der Waals surface area contributed by atoms with Gasteiger partial charge in [0.15, 0.2) is 6.10 Å². The van der Waals surface area contributed by atoms with Crippen molar-refractivity contribution in [3.8, 4) is 0 Å². The van der Waals surface area contributed by atoms with Gasteiger partial charge in [-0.2, -0.15) is 13.2 Å². The molecule has 110 valence electrons. The van der Waals surface area contributed by atoms with Crippen molar-refractivity contribution in [2.45, 2.75) is 26.1 Å². The maximum absolute atomic E-state index is 12.6. The molecule has 0 spiro atoms. The zero-order valence-corrected chi connectivity index (χ0v) is 11.3. The van der Waals surface area contributed by atoms with Gasteiger partial charge in [0.25, 0.3) is 5.91 Å². The van der Waals surface area contributed by atoms with Gasteiger partial charge in [-0.15, -0.1) is 0 Å². The van der Waals surface area contributed by atoms with Crippen molar-refractivity contribution < 1.29 is 27.5 Å². The highest BCUT2D eigenvalue weighted by atomic mass is 35.5. The van der Waals surface area contributed by atoms with E-state index >= 15 is 0 Å². The lowest BCUT2D eigenvalue weighted by atomic mass is 10.2. The monoisotopic (exact) mass is 309 g/mol. The minimum Gasteiger partial charge on any atom is -0.453 e. The van der Waals surface area contributed by atoms with Crippen LogP contribution in [-0.4, -0.2) is 18.0 Å². The smallest absolute Gasteiger partial charge is 0.417 e. The first-order chi connectivity index (χ1) is 9.11. The van der Waals surface area contributed by atoms with E-state index in [2.05, 4.69) is 10.1 Å². The molecule has 0 unspecified atom stereocenters. The summed E-state index contributed by atoms with van der Waals surface area (Å²) in [6, 6.07) is 2.95. The zero-order valence-electron chi connectivity index (χ0n) is 10.5. The van der Waals surface area contributed by atoms with E-state index < -0.39 is 34.7 Å². The lowest BCUT2D eigenvalue weighted by Crippen LogP contribution is -2.29. The van der Waals surface area contributed by atoms with E-state index in [-0.39, 0.29) is 5.69 Å². The predicted octanol–water partition coefficient (Wildman–Crippen LogP) is 3.25. The Kier molecular flexibility index (Phi) is 4.99. The predicted molar refractivity (Wildman–Crippen MR) is 66.3 cm³/mol. The number of carbonyl (C=O) groups is 2. The van der Waals surface area contributed by atoms with Gasteiger partial charge < -0.3 is 10.1 Å². The van der Waals surface area contributed by atoms with E-state index in [1.54, 1.807) is 0 Å². The summed E-state index contributed by atoms with van der Waals surface area (Å²) in [7, 11) is 0. The van der Waals surface area contributed by atoms with Crippen LogP contribution in [0, 0.1) is 0 Å². The highest BCUT2D eigenvalue weighted by Crippen LogP contribution is 2.36. The Balaban J connectivity index is 2.89. The third kappa shape index (κ3) is 4.41. The van der Waals surface area contributed by atoms with Gasteiger partial charge in [0.1, 0.15) is 0 Å². The van der Waals surface area contributed by atoms with Crippen LogP contribution in [0.4, 0.5) is 18.9 Å². The van der Waals surface area contributed by atoms with Gasteiger partial charge in [0.05, 0.1) is 10.6 Å². The normalized spacial score (nSPS) is 12.7. The number of halogens is 4. The molecule has 20 heavy (non-hydrogen) atoms. The number of hydrogen-bond donors (Lipinski definition) is 1. The van der Waals surface area contributed by atoms with Gasteiger partial charge in [0, 0.05) is 12.6 Å². The molecular weight excluding hydrogens is 299 g/mol. The molecule has 0 radical (unpaired) electrons. The Hall–Kier alpha value is -1.76. The molecular formula is C12H11ClF3NO3. The van der Waals surface area contributed by atoms with Crippen LogP contribution in [0.25, 0.3) is 0 Å². The zero-order chi connectivity index (χ0) is 15.5. The number of nitrogens with one attached hydrogen (secondary N) is 1. The third-order valence-corrected chi connectivity index (χ3v) is 2.58. The minimum atomic E-state index is -4.63. The van der Waals surface area contributed by atoms with Crippen molar-refractivity contribution in [2.24, 2.45) is 0 Å². The fourth-order valence-electron chi connectivity index (χ4n) is 1.37. The van der Waals surface area contributed by atoms with Gasteiger partial charge in [-0.05, 0) is 25.1 Å². The van der Waals surface area contributed by atoms with E-state index in [4.69, 9.17) is 11.6 Å². The van der Waals surface area contributed by atoms with Crippen LogP contribution in [0.1, 0.15) is 19.4 Å². The Bertz CT molecular complexity index is 531. The lowest BCUT2D eigenvalue weighted by Gasteiger charge is -2.14. The molecule has 1 aromatic rings. The van der Waals surface area contributed by atoms with Crippen LogP contribution in [0.15, 0.2) is 18.2 Å². The number of alkyl halides is 3. The second-order valence-corrected chi connectivity index (χ2v) is 4.34. The molecule has 1 amide bonds. The van der Waals surface area contributed by atoms with Crippen LogP contribution < -0.4 is 5.32 Å². The molecule has 1 aromatic carbocycles. The third-order valence-electron chi connectivity index (χ3n) is 2.25. The van der Waals surface area contributed by atoms with Crippen LogP contribution in [-0.2, 0) is 20.5 Å². The summed E-state index contributed by atoms with van der Waals surface area (Å²) < 4.78 is 42.5. The first-order valence-corrected chi connectivity index (χ1v) is 5.84. The lowest BCUT2D eigenvalue weighted by molar-refractivity contribution is -0.150. The van der Waals surface area contributed by atoms with E-state index in [9.17, 15) is 22.8 Å². The van der Waals surface area contributed by atoms with Crippen molar-refractivity contribution >= 4 is 29.2 Å². The summed E-state index contributed by atoms with van der Waals surface area (Å²) in [4.78, 5) is 22.3. The molecule has 0 aliphatic heterocycles. The topological polar surface area (TPSA) is 55.4 Å². The average Bonchev–Trinajstić information content (AvgIpc) is 2.29. The van der Waals surface area contributed by atoms with Crippen molar-refractivity contribution in [3.63, 3.8) is 0 Å². The van der Waals surface area contributed by atoms with Crippen LogP contribution in [0.2, 0.25) is 5.02 Å². The van der Waals surface area contributed by atoms with Crippen molar-refractivity contribution in [2.75, 3.05) is 5.32 Å². The largest absolute Gasteiger partial charge is 0.453 e. The first kappa shape index (κ1) is 16.3. The fourth-order valence-corrected chi connectivity index (χ4v) is 1.59. The van der Waals surface area contributed by atoms with Gasteiger partial charge in [-0.25, -0.2) is 0 Å². The highest BCUT2D eigenvalue weighted by molar-refractivity contribution is 6.31. The summed E-state index contributed by atoms with van der Waals surface area (Å²) in [5, 5.41) is 1.74. The second-order valence-electron chi connectivity index (χ2n) is 3.93. The SMILES string of the molecule is CC(=O)O[C@@H](C)C(=O)Nc1ccc(Cl)c(C(F)(F)F)c1. The number of esters is 1. The van der Waals surface area contributed by atoms with E-state index in [0.717, 1.165) is 13.0 Å². The first-order valence-electron chi connectivity index (χ1n) is 5.46. The Morgan fingerprint density at radius 2 is 1.95 bits per heavy atom. The van der Waals surface area contributed by atoms with Crippen LogP contribution >= 0.6 is 11.6 Å². The maximum atomic E-state index is 12.6. The Morgan fingerprint density at radius 3 is 2.45 bits per heavy atom. The molecule has 1 N–H and O–H groups in total. The van der Waals surface area contributed by atoms with Crippen molar-refractivity contribution in [1.29, 1.82) is 0 Å². The molecule has 0 aliphatic carbocycles.